The quantitative estimate of drug-likeness (QED) is 0.623. The highest BCUT2D eigenvalue weighted by Gasteiger charge is 2.37. The van der Waals surface area contributed by atoms with Crippen molar-refractivity contribution < 1.29 is 22.7 Å². The lowest BCUT2D eigenvalue weighted by atomic mass is 9.85. The highest BCUT2D eigenvalue weighted by molar-refractivity contribution is 7.90. The van der Waals surface area contributed by atoms with Gasteiger partial charge >= 0.3 is 6.09 Å². The number of primary amides is 1. The Morgan fingerprint density at radius 3 is 2.29 bits per heavy atom. The van der Waals surface area contributed by atoms with Crippen LogP contribution in [0.3, 0.4) is 0 Å². The van der Waals surface area contributed by atoms with E-state index in [9.17, 15) is 18.0 Å². The maximum absolute atomic E-state index is 12.8. The topological polar surface area (TPSA) is 119 Å². The number of carbonyl (C=O) groups is 2. The van der Waals surface area contributed by atoms with Gasteiger partial charge in [0.05, 0.1) is 5.25 Å². The van der Waals surface area contributed by atoms with Gasteiger partial charge in [0.15, 0.2) is 0 Å². The van der Waals surface area contributed by atoms with E-state index in [4.69, 9.17) is 10.5 Å². The summed E-state index contributed by atoms with van der Waals surface area (Å²) in [4.78, 5) is 26.2. The molecule has 2 amide bonds. The fourth-order valence-electron chi connectivity index (χ4n) is 4.13. The highest BCUT2D eigenvalue weighted by Crippen LogP contribution is 2.32. The monoisotopic (exact) mass is 501 g/mol. The van der Waals surface area contributed by atoms with Crippen LogP contribution in [0.1, 0.15) is 62.9 Å². The summed E-state index contributed by atoms with van der Waals surface area (Å²) in [5.41, 5.74) is 7.76. The van der Waals surface area contributed by atoms with E-state index in [2.05, 4.69) is 4.72 Å². The van der Waals surface area contributed by atoms with Crippen molar-refractivity contribution in [2.75, 3.05) is 13.1 Å². The SMILES string of the molecule is CC(C)S(=O)(=O)N[C@H]1CCN(C(=O)OC(C)(C)C)C[C@@H]1c1ccc(-c2ccccc2C(N)=O)cc1. The van der Waals surface area contributed by atoms with Gasteiger partial charge < -0.3 is 15.4 Å². The summed E-state index contributed by atoms with van der Waals surface area (Å²) in [7, 11) is -3.51. The first kappa shape index (κ1) is 26.7. The Kier molecular flexibility index (Phi) is 7.91. The molecular formula is C26H35N3O5S. The van der Waals surface area contributed by atoms with E-state index in [0.717, 1.165) is 16.7 Å². The van der Waals surface area contributed by atoms with Gasteiger partial charge in [-0.1, -0.05) is 42.5 Å². The number of carbonyl (C=O) groups excluding carboxylic acids is 2. The van der Waals surface area contributed by atoms with Crippen LogP contribution in [0.2, 0.25) is 0 Å². The van der Waals surface area contributed by atoms with E-state index in [0.29, 0.717) is 25.1 Å². The summed E-state index contributed by atoms with van der Waals surface area (Å²) in [5.74, 6) is -0.779. The van der Waals surface area contributed by atoms with Crippen molar-refractivity contribution in [3.8, 4) is 11.1 Å². The molecule has 0 radical (unpaired) electrons. The normalized spacial score (nSPS) is 19.0. The molecule has 35 heavy (non-hydrogen) atoms. The molecule has 0 aliphatic carbocycles. The summed E-state index contributed by atoms with van der Waals surface area (Å²) in [6.07, 6.45) is 0.0435. The zero-order valence-corrected chi connectivity index (χ0v) is 21.8. The molecule has 3 rings (SSSR count). The highest BCUT2D eigenvalue weighted by atomic mass is 32.2. The number of sulfonamides is 1. The maximum atomic E-state index is 12.8. The average molecular weight is 502 g/mol. The number of ether oxygens (including phenoxy) is 1. The van der Waals surface area contributed by atoms with E-state index in [1.807, 2.05) is 57.2 Å². The fraction of sp³-hybridized carbons (Fsp3) is 0.462. The first-order chi connectivity index (χ1) is 16.3. The number of nitrogens with two attached hydrogens (primary N) is 1. The van der Waals surface area contributed by atoms with Crippen LogP contribution in [-0.4, -0.2) is 55.3 Å². The molecule has 0 saturated carbocycles. The Hall–Kier alpha value is -2.91. The second kappa shape index (κ2) is 10.4. The van der Waals surface area contributed by atoms with Gasteiger partial charge in [0.25, 0.3) is 0 Å². The number of nitrogens with zero attached hydrogens (tertiary/aromatic N) is 1. The number of hydrogen-bond acceptors (Lipinski definition) is 5. The molecule has 2 atom stereocenters. The van der Waals surface area contributed by atoms with Crippen molar-refractivity contribution in [3.63, 3.8) is 0 Å². The maximum Gasteiger partial charge on any atom is 0.410 e. The zero-order chi connectivity index (χ0) is 26.0. The van der Waals surface area contributed by atoms with Crippen LogP contribution < -0.4 is 10.5 Å². The molecule has 2 aromatic rings. The van der Waals surface area contributed by atoms with Gasteiger partial charge in [0.1, 0.15) is 5.60 Å². The first-order valence-electron chi connectivity index (χ1n) is 11.8. The lowest BCUT2D eigenvalue weighted by Crippen LogP contribution is -2.53. The van der Waals surface area contributed by atoms with E-state index in [1.165, 1.54) is 0 Å². The predicted molar refractivity (Wildman–Crippen MR) is 137 cm³/mol. The summed E-state index contributed by atoms with van der Waals surface area (Å²) >= 11 is 0. The fourth-order valence-corrected chi connectivity index (χ4v) is 5.11. The molecule has 0 bridgehead atoms. The van der Waals surface area contributed by atoms with Crippen LogP contribution in [0.25, 0.3) is 11.1 Å². The molecule has 0 aromatic heterocycles. The molecule has 1 fully saturated rings. The third-order valence-electron chi connectivity index (χ3n) is 6.04. The van der Waals surface area contributed by atoms with Gasteiger partial charge in [-0.25, -0.2) is 17.9 Å². The number of likely N-dealkylation sites (tertiary alicyclic amines) is 1. The molecule has 190 valence electrons. The summed E-state index contributed by atoms with van der Waals surface area (Å²) in [6, 6.07) is 14.3. The van der Waals surface area contributed by atoms with Gasteiger partial charge in [-0.05, 0) is 63.8 Å². The van der Waals surface area contributed by atoms with E-state index < -0.39 is 32.9 Å². The Morgan fingerprint density at radius 2 is 1.71 bits per heavy atom. The second-order valence-corrected chi connectivity index (χ2v) is 12.4. The second-order valence-electron chi connectivity index (χ2n) is 10.2. The Morgan fingerprint density at radius 1 is 1.09 bits per heavy atom. The molecular weight excluding hydrogens is 466 g/mol. The Bertz CT molecular complexity index is 1170. The van der Waals surface area contributed by atoms with Crippen LogP contribution in [-0.2, 0) is 14.8 Å². The van der Waals surface area contributed by atoms with Gasteiger partial charge in [0, 0.05) is 30.6 Å². The molecule has 3 N–H and O–H groups in total. The predicted octanol–water partition coefficient (Wildman–Crippen LogP) is 3.87. The van der Waals surface area contributed by atoms with Crippen molar-refractivity contribution in [1.82, 2.24) is 9.62 Å². The Labute approximate surface area is 207 Å². The first-order valence-corrected chi connectivity index (χ1v) is 13.3. The van der Waals surface area contributed by atoms with Crippen LogP contribution >= 0.6 is 0 Å². The molecule has 1 aliphatic heterocycles. The third kappa shape index (κ3) is 6.61. The van der Waals surface area contributed by atoms with Crippen LogP contribution in [0.5, 0.6) is 0 Å². The van der Waals surface area contributed by atoms with Crippen LogP contribution in [0.15, 0.2) is 48.5 Å². The van der Waals surface area contributed by atoms with Crippen molar-refractivity contribution in [3.05, 3.63) is 59.7 Å². The third-order valence-corrected chi connectivity index (χ3v) is 7.92. The van der Waals surface area contributed by atoms with E-state index in [1.54, 1.807) is 30.9 Å². The molecule has 1 heterocycles. The summed E-state index contributed by atoms with van der Waals surface area (Å²) in [5, 5.41) is -0.570. The lowest BCUT2D eigenvalue weighted by molar-refractivity contribution is 0.0182. The standard InChI is InChI=1S/C26H35N3O5S/c1-17(2)35(32,33)28-23-14-15-29(25(31)34-26(3,4)5)16-22(23)19-12-10-18(11-13-19)20-8-6-7-9-21(20)24(27)30/h6-13,17,22-23,28H,14-16H2,1-5H3,(H2,27,30)/t22-,23+/m1/s1. The van der Waals surface area contributed by atoms with Crippen LogP contribution in [0.4, 0.5) is 4.79 Å². The van der Waals surface area contributed by atoms with Crippen molar-refractivity contribution >= 4 is 22.0 Å². The average Bonchev–Trinajstić information content (AvgIpc) is 2.78. The van der Waals surface area contributed by atoms with Crippen LogP contribution in [0, 0.1) is 0 Å². The number of rotatable bonds is 6. The van der Waals surface area contributed by atoms with Gasteiger partial charge in [-0.15, -0.1) is 0 Å². The van der Waals surface area contributed by atoms with E-state index in [-0.39, 0.29) is 12.0 Å². The van der Waals surface area contributed by atoms with E-state index >= 15 is 0 Å². The smallest absolute Gasteiger partial charge is 0.410 e. The van der Waals surface area contributed by atoms with Gasteiger partial charge in [-0.3, -0.25) is 4.79 Å². The molecule has 0 spiro atoms. The molecule has 1 aliphatic rings. The van der Waals surface area contributed by atoms with Crippen molar-refractivity contribution in [2.24, 2.45) is 5.73 Å². The van der Waals surface area contributed by atoms with Crippen molar-refractivity contribution in [1.29, 1.82) is 0 Å². The molecule has 9 heteroatoms. The number of amides is 2. The largest absolute Gasteiger partial charge is 0.444 e. The number of piperidine rings is 1. The molecule has 0 unspecified atom stereocenters. The van der Waals surface area contributed by atoms with Gasteiger partial charge in [0.2, 0.25) is 15.9 Å². The lowest BCUT2D eigenvalue weighted by Gasteiger charge is -2.39. The number of hydrogen-bond donors (Lipinski definition) is 2. The molecule has 1 saturated heterocycles. The number of benzene rings is 2. The molecule has 8 nitrogen and oxygen atoms in total. The van der Waals surface area contributed by atoms with Gasteiger partial charge in [-0.2, -0.15) is 0 Å². The summed E-state index contributed by atoms with van der Waals surface area (Å²) in [6.45, 7) is 9.42. The van der Waals surface area contributed by atoms with Crippen molar-refractivity contribution in [2.45, 2.75) is 63.9 Å². The number of nitrogens with one attached hydrogen (secondary N) is 1. The minimum atomic E-state index is -3.51. The Balaban J connectivity index is 1.92. The summed E-state index contributed by atoms with van der Waals surface area (Å²) < 4.78 is 33.7. The molecule has 2 aromatic carbocycles. The zero-order valence-electron chi connectivity index (χ0n) is 20.9. The minimum absolute atomic E-state index is 0.273. The minimum Gasteiger partial charge on any atom is -0.444 e.